The van der Waals surface area contributed by atoms with E-state index < -0.39 is 0 Å². The first-order valence-electron chi connectivity index (χ1n) is 6.96. The summed E-state index contributed by atoms with van der Waals surface area (Å²) in [6, 6.07) is 6.91. The van der Waals surface area contributed by atoms with E-state index in [0.717, 1.165) is 38.4 Å². The van der Waals surface area contributed by atoms with Crippen LogP contribution >= 0.6 is 0 Å². The van der Waals surface area contributed by atoms with Crippen molar-refractivity contribution in [2.45, 2.75) is 13.0 Å². The van der Waals surface area contributed by atoms with Gasteiger partial charge in [-0.15, -0.1) is 0 Å². The van der Waals surface area contributed by atoms with Crippen molar-refractivity contribution in [3.63, 3.8) is 0 Å². The number of non-ortho nitro benzene ring substituents is 1. The maximum Gasteiger partial charge on any atom is 0.269 e. The Morgan fingerprint density at radius 2 is 1.85 bits per heavy atom. The lowest BCUT2D eigenvalue weighted by Gasteiger charge is -2.34. The van der Waals surface area contributed by atoms with Crippen LogP contribution in [0.5, 0.6) is 0 Å². The second-order valence-electron chi connectivity index (χ2n) is 5.45. The Balaban J connectivity index is 1.81. The Morgan fingerprint density at radius 3 is 2.40 bits per heavy atom. The highest BCUT2D eigenvalue weighted by molar-refractivity contribution is 5.49. The van der Waals surface area contributed by atoms with Crippen LogP contribution in [0.2, 0.25) is 0 Å². The van der Waals surface area contributed by atoms with Gasteiger partial charge in [-0.2, -0.15) is 0 Å². The molecule has 0 aliphatic carbocycles. The van der Waals surface area contributed by atoms with Crippen LogP contribution in [-0.4, -0.2) is 60.5 Å². The van der Waals surface area contributed by atoms with Gasteiger partial charge in [0.15, 0.2) is 0 Å². The van der Waals surface area contributed by atoms with Crippen LogP contribution in [0.15, 0.2) is 24.3 Å². The highest BCUT2D eigenvalue weighted by atomic mass is 16.6. The lowest BCUT2D eigenvalue weighted by Crippen LogP contribution is -2.47. The number of nitro benzene ring substituents is 1. The molecule has 0 saturated carbocycles. The fourth-order valence-corrected chi connectivity index (χ4v) is 2.43. The number of nitrogens with zero attached hydrogens (tertiary/aromatic N) is 3. The van der Waals surface area contributed by atoms with E-state index in [1.165, 1.54) is 12.1 Å². The highest BCUT2D eigenvalue weighted by Gasteiger charge is 2.16. The average Bonchev–Trinajstić information content (AvgIpc) is 2.42. The van der Waals surface area contributed by atoms with E-state index in [2.05, 4.69) is 29.1 Å². The Morgan fingerprint density at radius 1 is 1.25 bits per heavy atom. The van der Waals surface area contributed by atoms with E-state index in [9.17, 15) is 10.1 Å². The quantitative estimate of drug-likeness (QED) is 0.655. The molecule has 1 saturated heterocycles. The largest absolute Gasteiger partial charge is 0.381 e. The van der Waals surface area contributed by atoms with Crippen molar-refractivity contribution in [3.8, 4) is 0 Å². The van der Waals surface area contributed by atoms with Gasteiger partial charge in [-0.25, -0.2) is 0 Å². The zero-order valence-corrected chi connectivity index (χ0v) is 12.1. The third kappa shape index (κ3) is 4.18. The van der Waals surface area contributed by atoms with Gasteiger partial charge in [0.2, 0.25) is 0 Å². The minimum Gasteiger partial charge on any atom is -0.381 e. The van der Waals surface area contributed by atoms with E-state index in [0.29, 0.717) is 6.04 Å². The van der Waals surface area contributed by atoms with Crippen molar-refractivity contribution in [3.05, 3.63) is 34.4 Å². The Labute approximate surface area is 119 Å². The molecular weight excluding hydrogens is 256 g/mol. The molecule has 1 aliphatic rings. The maximum absolute atomic E-state index is 10.6. The van der Waals surface area contributed by atoms with Gasteiger partial charge in [-0.3, -0.25) is 15.0 Å². The van der Waals surface area contributed by atoms with E-state index in [1.807, 2.05) is 0 Å². The molecule has 1 aliphatic heterocycles. The van der Waals surface area contributed by atoms with Crippen molar-refractivity contribution >= 4 is 11.4 Å². The molecule has 6 nitrogen and oxygen atoms in total. The first kappa shape index (κ1) is 14.7. The lowest BCUT2D eigenvalue weighted by atomic mass is 10.2. The van der Waals surface area contributed by atoms with Crippen molar-refractivity contribution in [1.29, 1.82) is 0 Å². The lowest BCUT2D eigenvalue weighted by molar-refractivity contribution is -0.384. The molecule has 2 rings (SSSR count). The monoisotopic (exact) mass is 278 g/mol. The van der Waals surface area contributed by atoms with Gasteiger partial charge < -0.3 is 10.2 Å². The van der Waals surface area contributed by atoms with Gasteiger partial charge in [-0.1, -0.05) is 0 Å². The summed E-state index contributed by atoms with van der Waals surface area (Å²) in [5.74, 6) is 0. The zero-order valence-electron chi connectivity index (χ0n) is 12.1. The van der Waals surface area contributed by atoms with Crippen LogP contribution in [0.3, 0.4) is 0 Å². The van der Waals surface area contributed by atoms with E-state index in [4.69, 9.17) is 0 Å². The zero-order chi connectivity index (χ0) is 14.5. The number of hydrogen-bond acceptors (Lipinski definition) is 5. The smallest absolute Gasteiger partial charge is 0.269 e. The average molecular weight is 278 g/mol. The van der Waals surface area contributed by atoms with Crippen LogP contribution in [0.4, 0.5) is 11.4 Å². The van der Waals surface area contributed by atoms with Crippen LogP contribution < -0.4 is 5.32 Å². The Hall–Kier alpha value is -1.66. The third-order valence-electron chi connectivity index (χ3n) is 3.62. The number of likely N-dealkylation sites (N-methyl/N-ethyl adjacent to an activating group) is 1. The fraction of sp³-hybridized carbons (Fsp3) is 0.571. The van der Waals surface area contributed by atoms with Gasteiger partial charge in [0.25, 0.3) is 5.69 Å². The topological polar surface area (TPSA) is 61.6 Å². The molecule has 0 amide bonds. The van der Waals surface area contributed by atoms with Gasteiger partial charge in [0.1, 0.15) is 0 Å². The third-order valence-corrected chi connectivity index (χ3v) is 3.62. The minimum absolute atomic E-state index is 0.127. The van der Waals surface area contributed by atoms with Crippen LogP contribution in [-0.2, 0) is 0 Å². The van der Waals surface area contributed by atoms with Crippen LogP contribution in [0.25, 0.3) is 0 Å². The van der Waals surface area contributed by atoms with Crippen LogP contribution in [0.1, 0.15) is 6.92 Å². The summed E-state index contributed by atoms with van der Waals surface area (Å²) in [5.41, 5.74) is 1.06. The highest BCUT2D eigenvalue weighted by Crippen LogP contribution is 2.16. The molecule has 1 fully saturated rings. The number of rotatable bonds is 5. The van der Waals surface area contributed by atoms with Crippen molar-refractivity contribution in [2.24, 2.45) is 0 Å². The summed E-state index contributed by atoms with van der Waals surface area (Å²) in [6.07, 6.45) is 0. The summed E-state index contributed by atoms with van der Waals surface area (Å²) in [5, 5.41) is 14.0. The second-order valence-corrected chi connectivity index (χ2v) is 5.45. The molecule has 6 heteroatoms. The maximum atomic E-state index is 10.6. The first-order chi connectivity index (χ1) is 9.54. The molecule has 1 aromatic carbocycles. The van der Waals surface area contributed by atoms with Crippen molar-refractivity contribution < 1.29 is 4.92 Å². The van der Waals surface area contributed by atoms with Gasteiger partial charge >= 0.3 is 0 Å². The molecule has 110 valence electrons. The van der Waals surface area contributed by atoms with Gasteiger partial charge in [0.05, 0.1) is 4.92 Å². The molecule has 0 spiro atoms. The summed E-state index contributed by atoms with van der Waals surface area (Å²) in [6.45, 7) is 7.56. The Kier molecular flexibility index (Phi) is 4.92. The number of hydrogen-bond donors (Lipinski definition) is 1. The van der Waals surface area contributed by atoms with Gasteiger partial charge in [-0.05, 0) is 26.1 Å². The molecule has 0 bridgehead atoms. The molecular formula is C14H22N4O2. The molecule has 0 radical (unpaired) electrons. The van der Waals surface area contributed by atoms with E-state index in [1.54, 1.807) is 12.1 Å². The second kappa shape index (κ2) is 6.67. The summed E-state index contributed by atoms with van der Waals surface area (Å²) in [7, 11) is 2.15. The summed E-state index contributed by atoms with van der Waals surface area (Å²) >= 11 is 0. The molecule has 20 heavy (non-hydrogen) atoms. The molecule has 1 unspecified atom stereocenters. The van der Waals surface area contributed by atoms with Crippen LogP contribution in [0, 0.1) is 10.1 Å². The van der Waals surface area contributed by atoms with Gasteiger partial charge in [0, 0.05) is 56.6 Å². The number of benzene rings is 1. The number of anilines is 1. The molecule has 1 N–H and O–H groups in total. The first-order valence-corrected chi connectivity index (χ1v) is 6.96. The van der Waals surface area contributed by atoms with E-state index >= 15 is 0 Å². The summed E-state index contributed by atoms with van der Waals surface area (Å²) < 4.78 is 0. The minimum atomic E-state index is -0.378. The number of nitro groups is 1. The molecule has 1 heterocycles. The predicted molar refractivity (Wildman–Crippen MR) is 80.1 cm³/mol. The molecule has 1 aromatic rings. The van der Waals surface area contributed by atoms with Crippen molar-refractivity contribution in [2.75, 3.05) is 45.1 Å². The number of nitrogens with one attached hydrogen (secondary N) is 1. The van der Waals surface area contributed by atoms with Crippen molar-refractivity contribution in [1.82, 2.24) is 9.80 Å². The Bertz CT molecular complexity index is 441. The normalized spacial score (nSPS) is 18.7. The predicted octanol–water partition coefficient (Wildman–Crippen LogP) is 1.64. The summed E-state index contributed by atoms with van der Waals surface area (Å²) in [4.78, 5) is 15.0. The number of piperazine rings is 1. The molecule has 0 aromatic heterocycles. The fourth-order valence-electron chi connectivity index (χ4n) is 2.43. The standard InChI is InChI=1S/C14H22N4O2/c1-12(11-17-9-7-16(2)8-10-17)15-13-3-5-14(6-4-13)18(19)20/h3-6,12,15H,7-11H2,1-2H3. The SMILES string of the molecule is CC(CN1CCN(C)CC1)Nc1ccc([N+](=O)[O-])cc1. The van der Waals surface area contributed by atoms with E-state index in [-0.39, 0.29) is 10.6 Å². The molecule has 1 atom stereocenters.